The van der Waals surface area contributed by atoms with Crippen molar-refractivity contribution in [3.8, 4) is 0 Å². The second-order valence-electron chi connectivity index (χ2n) is 3.75. The molecule has 2 unspecified atom stereocenters. The molecule has 0 aromatic heterocycles. The first kappa shape index (κ1) is 13.8. The Morgan fingerprint density at radius 2 is 2.41 bits per heavy atom. The molecule has 8 heteroatoms. The van der Waals surface area contributed by atoms with Crippen molar-refractivity contribution < 1.29 is 50.4 Å². The van der Waals surface area contributed by atoms with Crippen LogP contribution in [0.4, 0.5) is 0 Å². The molecule has 2 saturated heterocycles. The number of carboxylic acids is 1. The van der Waals surface area contributed by atoms with Crippen LogP contribution in [0.15, 0.2) is 9.93 Å². The van der Waals surface area contributed by atoms with Crippen LogP contribution in [0.25, 0.3) is 0 Å². The van der Waals surface area contributed by atoms with E-state index in [4.69, 9.17) is 9.84 Å². The van der Waals surface area contributed by atoms with Crippen molar-refractivity contribution in [3.05, 3.63) is 9.93 Å². The monoisotopic (exact) mass is 283 g/mol. The molecule has 3 aliphatic heterocycles. The molecule has 0 aromatic rings. The van der Waals surface area contributed by atoms with Crippen LogP contribution in [0.2, 0.25) is 0 Å². The number of ether oxygens (including phenoxy) is 1. The number of epoxide rings is 1. The zero-order chi connectivity index (χ0) is 11.3. The van der Waals surface area contributed by atoms with Gasteiger partial charge in [-0.25, -0.2) is 4.79 Å². The number of carboxylic acid groups (broad SMARTS) is 1. The number of hydrogen-bond donors (Lipinski definition) is 1. The summed E-state index contributed by atoms with van der Waals surface area (Å²) in [5.41, 5.74) is 0.164. The number of carbonyl (C=O) groups is 2. The predicted octanol–water partition coefficient (Wildman–Crippen LogP) is -2.21. The van der Waals surface area contributed by atoms with Crippen LogP contribution < -0.4 is 29.6 Å². The molecule has 1 amide bonds. The Balaban J connectivity index is 0.000000810. The number of amides is 1. The molecule has 0 radical (unpaired) electrons. The Bertz CT molecular complexity index is 415. The molecule has 0 saturated carbocycles. The van der Waals surface area contributed by atoms with Gasteiger partial charge in [0.25, 0.3) is 0 Å². The SMILES string of the molecule is O=C(O)C1=C(SCC2CO2)SC2CC(=O)N12.[H-].[Na+]. The molecule has 17 heavy (non-hydrogen) atoms. The molecule has 3 aliphatic rings. The maximum Gasteiger partial charge on any atom is 1.00 e. The Hall–Kier alpha value is 0.340. The van der Waals surface area contributed by atoms with Gasteiger partial charge in [0.2, 0.25) is 5.91 Å². The van der Waals surface area contributed by atoms with Gasteiger partial charge in [-0.1, -0.05) is 11.8 Å². The molecule has 5 nitrogen and oxygen atoms in total. The minimum atomic E-state index is -1.01. The minimum absolute atomic E-state index is 0. The number of aliphatic carboxylic acids is 1. The van der Waals surface area contributed by atoms with Gasteiger partial charge >= 0.3 is 35.5 Å². The summed E-state index contributed by atoms with van der Waals surface area (Å²) in [6.45, 7) is 0.763. The molecule has 2 atom stereocenters. The molecule has 3 rings (SSSR count). The van der Waals surface area contributed by atoms with Gasteiger partial charge in [0.15, 0.2) is 5.70 Å². The van der Waals surface area contributed by atoms with E-state index in [0.717, 1.165) is 16.6 Å². The van der Waals surface area contributed by atoms with Crippen LogP contribution in [-0.2, 0) is 14.3 Å². The molecule has 0 spiro atoms. The van der Waals surface area contributed by atoms with Gasteiger partial charge in [-0.2, -0.15) is 0 Å². The van der Waals surface area contributed by atoms with Crippen LogP contribution in [-0.4, -0.2) is 45.7 Å². The van der Waals surface area contributed by atoms with E-state index in [1.54, 1.807) is 0 Å². The van der Waals surface area contributed by atoms with E-state index in [0.29, 0.717) is 6.42 Å². The topological polar surface area (TPSA) is 70.1 Å². The van der Waals surface area contributed by atoms with Crippen LogP contribution in [0.5, 0.6) is 0 Å². The second kappa shape index (κ2) is 5.14. The molecule has 2 fully saturated rings. The fraction of sp³-hybridized carbons (Fsp3) is 0.556. The fourth-order valence-electron chi connectivity index (χ4n) is 1.65. The summed E-state index contributed by atoms with van der Waals surface area (Å²) < 4.78 is 5.82. The van der Waals surface area contributed by atoms with Crippen LogP contribution in [0, 0.1) is 0 Å². The van der Waals surface area contributed by atoms with E-state index in [2.05, 4.69) is 0 Å². The maximum absolute atomic E-state index is 11.3. The molecule has 3 heterocycles. The summed E-state index contributed by atoms with van der Waals surface area (Å²) in [7, 11) is 0. The zero-order valence-electron chi connectivity index (χ0n) is 10.2. The normalized spacial score (nSPS) is 29.6. The van der Waals surface area contributed by atoms with Crippen molar-refractivity contribution >= 4 is 35.4 Å². The van der Waals surface area contributed by atoms with E-state index in [1.807, 2.05) is 0 Å². The van der Waals surface area contributed by atoms with E-state index < -0.39 is 5.97 Å². The number of thioether (sulfide) groups is 2. The van der Waals surface area contributed by atoms with Crippen LogP contribution >= 0.6 is 23.5 Å². The van der Waals surface area contributed by atoms with Crippen molar-refractivity contribution in [3.63, 3.8) is 0 Å². The second-order valence-corrected chi connectivity index (χ2v) is 6.22. The molecule has 0 bridgehead atoms. The fourth-order valence-corrected chi connectivity index (χ4v) is 4.41. The minimum Gasteiger partial charge on any atom is -1.00 e. The van der Waals surface area contributed by atoms with Crippen molar-refractivity contribution in [2.45, 2.75) is 17.9 Å². The number of β-lactam (4-membered cyclic amide) rings is 1. The van der Waals surface area contributed by atoms with Gasteiger partial charge in [-0.05, 0) is 0 Å². The van der Waals surface area contributed by atoms with Gasteiger partial charge in [0.1, 0.15) is 0 Å². The average molecular weight is 283 g/mol. The third-order valence-corrected chi connectivity index (χ3v) is 5.28. The summed E-state index contributed by atoms with van der Waals surface area (Å²) >= 11 is 2.97. The van der Waals surface area contributed by atoms with E-state index in [1.165, 1.54) is 28.4 Å². The molecule has 88 valence electrons. The molecule has 0 aliphatic carbocycles. The third-order valence-electron chi connectivity index (χ3n) is 2.59. The Labute approximate surface area is 130 Å². The summed E-state index contributed by atoms with van der Waals surface area (Å²) in [4.78, 5) is 23.8. The first-order valence-electron chi connectivity index (χ1n) is 4.87. The van der Waals surface area contributed by atoms with E-state index in [-0.39, 0.29) is 54.1 Å². The summed E-state index contributed by atoms with van der Waals surface area (Å²) in [6.07, 6.45) is 0.711. The summed E-state index contributed by atoms with van der Waals surface area (Å²) in [6, 6.07) is 0. The summed E-state index contributed by atoms with van der Waals surface area (Å²) in [5, 5.41) is 9.11. The molecule has 1 N–H and O–H groups in total. The third kappa shape index (κ3) is 2.54. The number of carbonyl (C=O) groups excluding carboxylic acids is 1. The maximum atomic E-state index is 11.3. The van der Waals surface area contributed by atoms with Gasteiger partial charge < -0.3 is 11.3 Å². The van der Waals surface area contributed by atoms with Crippen molar-refractivity contribution in [2.24, 2.45) is 0 Å². The largest absolute Gasteiger partial charge is 1.00 e. The van der Waals surface area contributed by atoms with E-state index >= 15 is 0 Å². The predicted molar refractivity (Wildman–Crippen MR) is 60.8 cm³/mol. The molecular weight excluding hydrogens is 273 g/mol. The number of hydrogen-bond acceptors (Lipinski definition) is 5. The first-order chi connectivity index (χ1) is 7.66. The Kier molecular flexibility index (Phi) is 4.16. The Morgan fingerprint density at radius 3 is 2.94 bits per heavy atom. The number of nitrogens with zero attached hydrogens (tertiary/aromatic N) is 1. The molecular formula is C9H10NNaO4S2. The molecule has 0 aromatic carbocycles. The van der Waals surface area contributed by atoms with Gasteiger partial charge in [0.05, 0.1) is 28.7 Å². The van der Waals surface area contributed by atoms with Crippen LogP contribution in [0.3, 0.4) is 0 Å². The quantitative estimate of drug-likeness (QED) is 0.358. The Morgan fingerprint density at radius 1 is 1.71 bits per heavy atom. The van der Waals surface area contributed by atoms with Crippen LogP contribution in [0.1, 0.15) is 7.85 Å². The van der Waals surface area contributed by atoms with Gasteiger partial charge in [0, 0.05) is 5.75 Å². The standard InChI is InChI=1S/C9H9NO4S2.Na.H/c11-5-1-6-10(5)7(8(12)13)9(16-6)15-3-4-2-14-4;;/h4,6H,1-3H2,(H,12,13);;/q;+1;-1. The number of rotatable bonds is 4. The summed E-state index contributed by atoms with van der Waals surface area (Å²) in [5.74, 6) is -0.330. The van der Waals surface area contributed by atoms with E-state index in [9.17, 15) is 9.59 Å². The number of fused-ring (bicyclic) bond motifs is 1. The van der Waals surface area contributed by atoms with Crippen molar-refractivity contribution in [1.29, 1.82) is 0 Å². The average Bonchev–Trinajstić information content (AvgIpc) is 2.98. The first-order valence-corrected chi connectivity index (χ1v) is 6.74. The van der Waals surface area contributed by atoms with Gasteiger partial charge in [-0.15, -0.1) is 11.8 Å². The smallest absolute Gasteiger partial charge is 1.00 e. The van der Waals surface area contributed by atoms with Crippen molar-refractivity contribution in [1.82, 2.24) is 4.90 Å². The van der Waals surface area contributed by atoms with Crippen molar-refractivity contribution in [2.75, 3.05) is 12.4 Å². The zero-order valence-corrected chi connectivity index (χ0v) is 12.8. The van der Waals surface area contributed by atoms with Gasteiger partial charge in [-0.3, -0.25) is 9.69 Å².